The Bertz CT molecular complexity index is 496. The van der Waals surface area contributed by atoms with Crippen LogP contribution >= 0.6 is 12.2 Å². The van der Waals surface area contributed by atoms with E-state index < -0.39 is 24.3 Å². The van der Waals surface area contributed by atoms with Crippen molar-refractivity contribution in [1.29, 1.82) is 0 Å². The molecule has 0 saturated heterocycles. The number of carboxylic acid groups (broad SMARTS) is 1. The number of carbonyl (C=O) groups is 2. The molecule has 1 rings (SSSR count). The number of hydrogen-bond acceptors (Lipinski definition) is 7. The molecule has 0 aliphatic carbocycles. The van der Waals surface area contributed by atoms with E-state index in [-0.39, 0.29) is 24.5 Å². The van der Waals surface area contributed by atoms with Crippen molar-refractivity contribution in [2.45, 2.75) is 13.1 Å². The van der Waals surface area contributed by atoms with E-state index in [0.29, 0.717) is 0 Å². The number of aliphatic carboxylic acids is 1. The molecule has 0 amide bonds. The first kappa shape index (κ1) is 14.4. The quantitative estimate of drug-likeness (QED) is 0.387. The lowest BCUT2D eigenvalue weighted by molar-refractivity contribution is -0.152. The van der Waals surface area contributed by atoms with Gasteiger partial charge in [-0.25, -0.2) is 14.2 Å². The third-order valence-corrected chi connectivity index (χ3v) is 2.63. The fraction of sp³-hybridized carbons (Fsp3) is 0.625. The summed E-state index contributed by atoms with van der Waals surface area (Å²) in [5.41, 5.74) is 0. The summed E-state index contributed by atoms with van der Waals surface area (Å²) in [7, 11) is 0. The van der Waals surface area contributed by atoms with Crippen molar-refractivity contribution in [2.75, 3.05) is 13.2 Å². The van der Waals surface area contributed by atoms with Gasteiger partial charge in [-0.2, -0.15) is 0 Å². The predicted octanol–water partition coefficient (Wildman–Crippen LogP) is -1.94. The van der Waals surface area contributed by atoms with E-state index in [0.717, 1.165) is 4.68 Å². The number of rotatable bonds is 7. The summed E-state index contributed by atoms with van der Waals surface area (Å²) in [4.78, 5) is 21.7. The number of carbonyl (C=O) groups excluding carboxylic acids is 1. The fourth-order valence-corrected chi connectivity index (χ4v) is 1.50. The molecule has 0 bridgehead atoms. The van der Waals surface area contributed by atoms with Gasteiger partial charge in [-0.1, -0.05) is 0 Å². The molecule has 100 valence electrons. The van der Waals surface area contributed by atoms with Crippen LogP contribution in [0.2, 0.25) is 0 Å². The van der Waals surface area contributed by atoms with Crippen molar-refractivity contribution in [1.82, 2.24) is 19.8 Å². The van der Waals surface area contributed by atoms with Gasteiger partial charge in [0.05, 0.1) is 32.2 Å². The lowest BCUT2D eigenvalue weighted by atomic mass is 10.1. The zero-order chi connectivity index (χ0) is 13.7. The van der Waals surface area contributed by atoms with Crippen LogP contribution < -0.4 is 0 Å². The number of aromatic nitrogens is 4. The van der Waals surface area contributed by atoms with E-state index in [1.54, 1.807) is 0 Å². The molecule has 0 spiro atoms. The van der Waals surface area contributed by atoms with Crippen LogP contribution in [0.4, 0.5) is 0 Å². The molecule has 1 unspecified atom stereocenters. The third kappa shape index (κ3) is 3.18. The lowest BCUT2D eigenvalue weighted by Gasteiger charge is -2.09. The number of tetrazole rings is 1. The maximum absolute atomic E-state index is 11.2. The Kier molecular flexibility index (Phi) is 5.07. The van der Waals surface area contributed by atoms with Gasteiger partial charge >= 0.3 is 5.97 Å². The molecule has 3 N–H and O–H groups in total. The van der Waals surface area contributed by atoms with Crippen LogP contribution in [0.5, 0.6) is 0 Å². The van der Waals surface area contributed by atoms with E-state index in [1.165, 1.54) is 4.68 Å². The molecule has 1 aromatic rings. The van der Waals surface area contributed by atoms with E-state index in [9.17, 15) is 9.59 Å². The molecule has 0 aliphatic rings. The number of carboxylic acids is 1. The highest BCUT2D eigenvalue weighted by atomic mass is 32.1. The monoisotopic (exact) mass is 276 g/mol. The van der Waals surface area contributed by atoms with Crippen molar-refractivity contribution in [3.63, 3.8) is 0 Å². The van der Waals surface area contributed by atoms with Crippen molar-refractivity contribution in [2.24, 2.45) is 5.92 Å². The van der Waals surface area contributed by atoms with Gasteiger partial charge in [0, 0.05) is 0 Å². The topological polar surface area (TPSA) is 130 Å². The summed E-state index contributed by atoms with van der Waals surface area (Å²) in [6.07, 6.45) is 0. The highest BCUT2D eigenvalue weighted by molar-refractivity contribution is 7.71. The summed E-state index contributed by atoms with van der Waals surface area (Å²) < 4.78 is 2.50. The van der Waals surface area contributed by atoms with E-state index in [2.05, 4.69) is 10.4 Å². The fourth-order valence-electron chi connectivity index (χ4n) is 1.26. The Morgan fingerprint density at radius 2 is 1.89 bits per heavy atom. The first-order valence-corrected chi connectivity index (χ1v) is 5.41. The van der Waals surface area contributed by atoms with Gasteiger partial charge in [0.1, 0.15) is 0 Å². The average molecular weight is 276 g/mol. The molecular weight excluding hydrogens is 264 g/mol. The molecule has 1 heterocycles. The second-order valence-electron chi connectivity index (χ2n) is 3.44. The zero-order valence-electron chi connectivity index (χ0n) is 9.26. The van der Waals surface area contributed by atoms with Gasteiger partial charge in [0.25, 0.3) is 0 Å². The van der Waals surface area contributed by atoms with Crippen LogP contribution in [-0.4, -0.2) is 60.1 Å². The SMILES string of the molecule is O=C(O)C(=O)C(CO)Cn1nnn(CCO)c1=S. The highest BCUT2D eigenvalue weighted by Gasteiger charge is 2.25. The van der Waals surface area contributed by atoms with Gasteiger partial charge in [-0.05, 0) is 22.6 Å². The molecule has 0 fully saturated rings. The average Bonchev–Trinajstić information content (AvgIpc) is 2.68. The minimum absolute atomic E-state index is 0.140. The number of aliphatic hydroxyl groups excluding tert-OH is 2. The van der Waals surface area contributed by atoms with Gasteiger partial charge in [-0.3, -0.25) is 4.79 Å². The van der Waals surface area contributed by atoms with Crippen molar-refractivity contribution >= 4 is 24.0 Å². The smallest absolute Gasteiger partial charge is 0.372 e. The van der Waals surface area contributed by atoms with Crippen molar-refractivity contribution in [3.8, 4) is 0 Å². The molecule has 1 atom stereocenters. The van der Waals surface area contributed by atoms with Gasteiger partial charge in [-0.15, -0.1) is 0 Å². The van der Waals surface area contributed by atoms with Crippen LogP contribution in [0.3, 0.4) is 0 Å². The predicted molar refractivity (Wildman–Crippen MR) is 59.2 cm³/mol. The summed E-state index contributed by atoms with van der Waals surface area (Å²) >= 11 is 4.96. The first-order valence-electron chi connectivity index (χ1n) is 5.00. The number of Topliss-reactive ketones (excluding diaryl/α,β-unsaturated/α-hetero) is 1. The standard InChI is InChI=1S/C8H12N4O5S/c13-2-1-11-8(18)12(10-9-11)3-5(4-14)6(15)7(16)17/h5,13-14H,1-4H2,(H,16,17). The molecule has 10 heteroatoms. The van der Waals surface area contributed by atoms with E-state index in [1.807, 2.05) is 0 Å². The van der Waals surface area contributed by atoms with E-state index >= 15 is 0 Å². The third-order valence-electron chi connectivity index (χ3n) is 2.20. The summed E-state index contributed by atoms with van der Waals surface area (Å²) in [6.45, 7) is -0.828. The molecular formula is C8H12N4O5S. The minimum atomic E-state index is -1.62. The van der Waals surface area contributed by atoms with E-state index in [4.69, 9.17) is 27.5 Å². The maximum atomic E-state index is 11.2. The second kappa shape index (κ2) is 6.33. The maximum Gasteiger partial charge on any atom is 0.372 e. The molecule has 0 saturated carbocycles. The summed E-state index contributed by atoms with van der Waals surface area (Å²) in [5, 5.41) is 33.5. The summed E-state index contributed by atoms with van der Waals surface area (Å²) in [5.74, 6) is -3.87. The van der Waals surface area contributed by atoms with Crippen molar-refractivity contribution in [3.05, 3.63) is 4.77 Å². The molecule has 1 aromatic heterocycles. The largest absolute Gasteiger partial charge is 0.475 e. The Morgan fingerprint density at radius 1 is 1.28 bits per heavy atom. The van der Waals surface area contributed by atoms with Gasteiger partial charge < -0.3 is 15.3 Å². The van der Waals surface area contributed by atoms with Crippen LogP contribution in [-0.2, 0) is 22.7 Å². The number of hydrogen-bond donors (Lipinski definition) is 3. The molecule has 18 heavy (non-hydrogen) atoms. The second-order valence-corrected chi connectivity index (χ2v) is 3.80. The lowest BCUT2D eigenvalue weighted by Crippen LogP contribution is -2.30. The Morgan fingerprint density at radius 3 is 2.39 bits per heavy atom. The Labute approximate surface area is 106 Å². The van der Waals surface area contributed by atoms with Crippen LogP contribution in [0.1, 0.15) is 0 Å². The Hall–Kier alpha value is -1.65. The zero-order valence-corrected chi connectivity index (χ0v) is 10.1. The molecule has 0 aliphatic heterocycles. The molecule has 0 radical (unpaired) electrons. The van der Waals surface area contributed by atoms with Crippen LogP contribution in [0, 0.1) is 10.7 Å². The molecule has 0 aromatic carbocycles. The first-order chi connectivity index (χ1) is 8.51. The number of aliphatic hydroxyl groups is 2. The van der Waals surface area contributed by atoms with Gasteiger partial charge in [0.2, 0.25) is 10.6 Å². The number of nitrogens with zero attached hydrogens (tertiary/aromatic N) is 4. The molecule has 9 nitrogen and oxygen atoms in total. The van der Waals surface area contributed by atoms with Crippen molar-refractivity contribution < 1.29 is 24.9 Å². The Balaban J connectivity index is 2.86. The van der Waals surface area contributed by atoms with Crippen LogP contribution in [0.25, 0.3) is 0 Å². The highest BCUT2D eigenvalue weighted by Crippen LogP contribution is 2.03. The van der Waals surface area contributed by atoms with Crippen LogP contribution in [0.15, 0.2) is 0 Å². The minimum Gasteiger partial charge on any atom is -0.475 e. The van der Waals surface area contributed by atoms with Gasteiger partial charge in [0.15, 0.2) is 0 Å². The number of ketones is 1. The normalized spacial score (nSPS) is 12.3. The summed E-state index contributed by atoms with van der Waals surface area (Å²) in [6, 6.07) is 0.